The molecule has 1 nitrogen and oxygen atoms in total. The SMILES string of the molecule is CC(C)(C)c1ccc(-c2ccc(N(c3cccc4c3-c3ccccc3C4(c3ccccc3)c3ccccc3)c3cccc4c3sc3c5ccccc5ccc43)cc2)cc1. The number of anilines is 3. The highest BCUT2D eigenvalue weighted by Gasteiger charge is 2.47. The molecule has 0 radical (unpaired) electrons. The van der Waals surface area contributed by atoms with E-state index in [1.165, 1.54) is 92.4 Å². The number of benzene rings is 9. The van der Waals surface area contributed by atoms with Crippen LogP contribution in [-0.4, -0.2) is 0 Å². The van der Waals surface area contributed by atoms with Crippen molar-refractivity contribution in [3.63, 3.8) is 0 Å². The third-order valence-corrected chi connectivity index (χ3v) is 13.8. The summed E-state index contributed by atoms with van der Waals surface area (Å²) in [5, 5.41) is 5.15. The van der Waals surface area contributed by atoms with Gasteiger partial charge in [-0.25, -0.2) is 0 Å². The van der Waals surface area contributed by atoms with Crippen LogP contribution in [0.1, 0.15) is 48.6 Å². The van der Waals surface area contributed by atoms with Crippen molar-refractivity contribution in [1.29, 1.82) is 0 Å². The highest BCUT2D eigenvalue weighted by molar-refractivity contribution is 7.27. The van der Waals surface area contributed by atoms with Crippen LogP contribution in [0.15, 0.2) is 206 Å². The number of fused-ring (bicyclic) bond motifs is 8. The molecule has 0 N–H and O–H groups in total. The molecule has 1 aliphatic carbocycles. The van der Waals surface area contributed by atoms with Crippen LogP contribution >= 0.6 is 11.3 Å². The summed E-state index contributed by atoms with van der Waals surface area (Å²) in [6, 6.07) is 76.8. The smallest absolute Gasteiger partial charge is 0.0714 e. The van der Waals surface area contributed by atoms with Crippen molar-refractivity contribution in [2.45, 2.75) is 31.6 Å². The van der Waals surface area contributed by atoms with Gasteiger partial charge in [-0.15, -0.1) is 11.3 Å². The Morgan fingerprint density at radius 3 is 1.69 bits per heavy atom. The third-order valence-electron chi connectivity index (χ3n) is 12.5. The minimum Gasteiger partial charge on any atom is -0.308 e. The molecule has 0 fully saturated rings. The molecule has 0 saturated heterocycles. The van der Waals surface area contributed by atoms with Gasteiger partial charge in [0.2, 0.25) is 0 Å². The minimum atomic E-state index is -0.498. The van der Waals surface area contributed by atoms with E-state index in [9.17, 15) is 0 Å². The van der Waals surface area contributed by atoms with Gasteiger partial charge in [-0.2, -0.15) is 0 Å². The van der Waals surface area contributed by atoms with E-state index in [1.807, 2.05) is 11.3 Å². The zero-order valence-corrected chi connectivity index (χ0v) is 34.3. The van der Waals surface area contributed by atoms with Gasteiger partial charge < -0.3 is 4.90 Å². The summed E-state index contributed by atoms with van der Waals surface area (Å²) >= 11 is 1.91. The molecule has 0 unspecified atom stereocenters. The Morgan fingerprint density at radius 1 is 0.424 bits per heavy atom. The summed E-state index contributed by atoms with van der Waals surface area (Å²) in [7, 11) is 0. The molecule has 1 heterocycles. The maximum absolute atomic E-state index is 2.54. The van der Waals surface area contributed by atoms with E-state index in [4.69, 9.17) is 0 Å². The van der Waals surface area contributed by atoms with Crippen LogP contribution in [0.5, 0.6) is 0 Å². The molecule has 2 heteroatoms. The summed E-state index contributed by atoms with van der Waals surface area (Å²) in [5.41, 5.74) is 14.5. The largest absolute Gasteiger partial charge is 0.308 e. The quantitative estimate of drug-likeness (QED) is 0.163. The highest BCUT2D eigenvalue weighted by Crippen LogP contribution is 2.60. The van der Waals surface area contributed by atoms with Crippen LogP contribution in [0.2, 0.25) is 0 Å². The third kappa shape index (κ3) is 5.51. The molecule has 282 valence electrons. The van der Waals surface area contributed by atoms with E-state index in [-0.39, 0.29) is 5.41 Å². The van der Waals surface area contributed by atoms with Gasteiger partial charge in [0.1, 0.15) is 0 Å². The molecule has 0 bridgehead atoms. The van der Waals surface area contributed by atoms with Crippen LogP contribution in [0.4, 0.5) is 17.1 Å². The van der Waals surface area contributed by atoms with Crippen molar-refractivity contribution in [2.75, 3.05) is 4.90 Å². The summed E-state index contributed by atoms with van der Waals surface area (Å²) in [4.78, 5) is 2.54. The van der Waals surface area contributed by atoms with E-state index in [2.05, 4.69) is 232 Å². The fourth-order valence-electron chi connectivity index (χ4n) is 9.72. The van der Waals surface area contributed by atoms with E-state index in [1.54, 1.807) is 0 Å². The number of thiophene rings is 1. The molecule has 1 aliphatic rings. The normalized spacial score (nSPS) is 13.1. The van der Waals surface area contributed by atoms with E-state index in [0.717, 1.165) is 5.69 Å². The average molecular weight is 774 g/mol. The van der Waals surface area contributed by atoms with Crippen molar-refractivity contribution in [1.82, 2.24) is 0 Å². The van der Waals surface area contributed by atoms with Gasteiger partial charge in [-0.05, 0) is 85.0 Å². The lowest BCUT2D eigenvalue weighted by molar-refractivity contribution is 0.590. The molecule has 0 aliphatic heterocycles. The van der Waals surface area contributed by atoms with Gasteiger partial charge in [-0.1, -0.05) is 203 Å². The number of hydrogen-bond donors (Lipinski definition) is 0. The zero-order valence-electron chi connectivity index (χ0n) is 33.5. The van der Waals surface area contributed by atoms with Crippen LogP contribution in [0, 0.1) is 0 Å². The van der Waals surface area contributed by atoms with Gasteiger partial charge in [-0.3, -0.25) is 0 Å². The molecule has 10 aromatic rings. The Morgan fingerprint density at radius 2 is 0.983 bits per heavy atom. The highest BCUT2D eigenvalue weighted by atomic mass is 32.1. The molecule has 1 aromatic heterocycles. The van der Waals surface area contributed by atoms with Crippen LogP contribution in [0.25, 0.3) is 53.2 Å². The first kappa shape index (κ1) is 35.4. The van der Waals surface area contributed by atoms with Crippen LogP contribution < -0.4 is 4.90 Å². The van der Waals surface area contributed by atoms with Crippen molar-refractivity contribution < 1.29 is 0 Å². The maximum atomic E-state index is 2.54. The topological polar surface area (TPSA) is 3.24 Å². The predicted molar refractivity (Wildman–Crippen MR) is 253 cm³/mol. The first-order valence-corrected chi connectivity index (χ1v) is 21.4. The molecule has 9 aromatic carbocycles. The van der Waals surface area contributed by atoms with Crippen LogP contribution in [0.3, 0.4) is 0 Å². The average Bonchev–Trinajstić information content (AvgIpc) is 3.83. The molecule has 0 saturated carbocycles. The monoisotopic (exact) mass is 773 g/mol. The molecule has 59 heavy (non-hydrogen) atoms. The van der Waals surface area contributed by atoms with Gasteiger partial charge in [0.05, 0.1) is 21.5 Å². The first-order valence-electron chi connectivity index (χ1n) is 20.6. The minimum absolute atomic E-state index is 0.107. The molecule has 11 rings (SSSR count). The molecule has 0 amide bonds. The summed E-state index contributed by atoms with van der Waals surface area (Å²) in [5.74, 6) is 0. The Balaban J connectivity index is 1.19. The lowest BCUT2D eigenvalue weighted by Gasteiger charge is -2.34. The molecular formula is C57H43NS. The molecular weight excluding hydrogens is 731 g/mol. The van der Waals surface area contributed by atoms with Crippen molar-refractivity contribution >= 4 is 59.3 Å². The molecule has 0 spiro atoms. The Kier molecular flexibility index (Phi) is 8.22. The first-order chi connectivity index (χ1) is 28.9. The number of hydrogen-bond acceptors (Lipinski definition) is 2. The summed E-state index contributed by atoms with van der Waals surface area (Å²) in [6.45, 7) is 6.81. The Labute approximate surface area is 350 Å². The van der Waals surface area contributed by atoms with E-state index in [0.29, 0.717) is 0 Å². The standard InChI is InChI=1S/C57H43NS/c1-56(2,3)41-33-28-38(29-34-41)39-30-35-44(36-31-39)58(52-27-14-23-46-47-37-32-40-16-10-11-21-45(40)54(47)59-55(46)52)51-26-15-25-50-53(51)48-22-12-13-24-49(48)57(50,42-17-6-4-7-18-42)43-19-8-5-9-20-43/h4-37H,1-3H3. The van der Waals surface area contributed by atoms with Crippen molar-refractivity contribution in [3.8, 4) is 22.3 Å². The van der Waals surface area contributed by atoms with Crippen molar-refractivity contribution in [3.05, 3.63) is 234 Å². The summed E-state index contributed by atoms with van der Waals surface area (Å²) in [6.07, 6.45) is 0. The van der Waals surface area contributed by atoms with Crippen LogP contribution in [-0.2, 0) is 10.8 Å². The van der Waals surface area contributed by atoms with Crippen molar-refractivity contribution in [2.24, 2.45) is 0 Å². The van der Waals surface area contributed by atoms with Gasteiger partial charge >= 0.3 is 0 Å². The predicted octanol–water partition coefficient (Wildman–Crippen LogP) is 16.0. The number of rotatable bonds is 6. The Bertz CT molecular complexity index is 3130. The van der Waals surface area contributed by atoms with E-state index >= 15 is 0 Å². The van der Waals surface area contributed by atoms with Gasteiger partial charge in [0.15, 0.2) is 0 Å². The Hall–Kier alpha value is -6.74. The maximum Gasteiger partial charge on any atom is 0.0714 e. The second-order valence-corrected chi connectivity index (χ2v) is 17.9. The molecule has 0 atom stereocenters. The second kappa shape index (κ2) is 13.7. The fraction of sp³-hybridized carbons (Fsp3) is 0.0877. The fourth-order valence-corrected chi connectivity index (χ4v) is 11.1. The zero-order chi connectivity index (χ0) is 39.7. The lowest BCUT2D eigenvalue weighted by atomic mass is 9.68. The second-order valence-electron chi connectivity index (χ2n) is 16.9. The van der Waals surface area contributed by atoms with Gasteiger partial charge in [0.25, 0.3) is 0 Å². The number of nitrogens with zero attached hydrogens (tertiary/aromatic N) is 1. The lowest BCUT2D eigenvalue weighted by Crippen LogP contribution is -2.28. The van der Waals surface area contributed by atoms with Gasteiger partial charge in [0, 0.05) is 26.7 Å². The van der Waals surface area contributed by atoms with E-state index < -0.39 is 5.41 Å². The summed E-state index contributed by atoms with van der Waals surface area (Å²) < 4.78 is 2.61.